The molecule has 1 aromatic rings. The van der Waals surface area contributed by atoms with Gasteiger partial charge in [-0.25, -0.2) is 0 Å². The Balaban J connectivity index is 1.95. The highest BCUT2D eigenvalue weighted by Gasteiger charge is 2.20. The van der Waals surface area contributed by atoms with Crippen LogP contribution in [0.4, 0.5) is 0 Å². The van der Waals surface area contributed by atoms with Gasteiger partial charge in [0.1, 0.15) is 0 Å². The zero-order chi connectivity index (χ0) is 9.26. The summed E-state index contributed by atoms with van der Waals surface area (Å²) in [5, 5.41) is 7.02. The second kappa shape index (κ2) is 3.20. The molecule has 0 radical (unpaired) electrons. The molecule has 1 atom stereocenters. The van der Waals surface area contributed by atoms with Gasteiger partial charge in [0.25, 0.3) is 0 Å². The topological polar surface area (TPSA) is 46.9 Å². The average Bonchev–Trinajstić information content (AvgIpc) is 2.62. The Hall–Kier alpha value is -1.32. The molecule has 1 aliphatic heterocycles. The highest BCUT2D eigenvalue weighted by Crippen LogP contribution is 2.11. The van der Waals surface area contributed by atoms with Gasteiger partial charge in [0, 0.05) is 25.7 Å². The highest BCUT2D eigenvalue weighted by molar-refractivity contribution is 5.78. The summed E-state index contributed by atoms with van der Waals surface area (Å²) in [4.78, 5) is 10.9. The molecule has 0 spiro atoms. The predicted molar refractivity (Wildman–Crippen MR) is 48.1 cm³/mol. The van der Waals surface area contributed by atoms with Crippen molar-refractivity contribution in [3.63, 3.8) is 0 Å². The van der Waals surface area contributed by atoms with Crippen LogP contribution in [0, 0.1) is 0 Å². The first-order chi connectivity index (χ1) is 6.24. The lowest BCUT2D eigenvalue weighted by molar-refractivity contribution is -0.119. The summed E-state index contributed by atoms with van der Waals surface area (Å²) >= 11 is 0. The molecule has 4 nitrogen and oxygen atoms in total. The quantitative estimate of drug-likeness (QED) is 0.707. The van der Waals surface area contributed by atoms with E-state index in [-0.39, 0.29) is 5.91 Å². The first-order valence-electron chi connectivity index (χ1n) is 4.51. The van der Waals surface area contributed by atoms with E-state index in [0.29, 0.717) is 12.5 Å². The summed E-state index contributed by atoms with van der Waals surface area (Å²) in [6, 6.07) is 0.316. The van der Waals surface area contributed by atoms with Gasteiger partial charge in [0.2, 0.25) is 5.91 Å². The van der Waals surface area contributed by atoms with E-state index >= 15 is 0 Å². The zero-order valence-electron chi connectivity index (χ0n) is 7.66. The Morgan fingerprint density at radius 3 is 3.15 bits per heavy atom. The van der Waals surface area contributed by atoms with Crippen molar-refractivity contribution in [1.29, 1.82) is 0 Å². The zero-order valence-corrected chi connectivity index (χ0v) is 7.66. The summed E-state index contributed by atoms with van der Waals surface area (Å²) in [7, 11) is 1.90. The maximum Gasteiger partial charge on any atom is 0.220 e. The Bertz CT molecular complexity index is 318. The van der Waals surface area contributed by atoms with Crippen molar-refractivity contribution in [1.82, 2.24) is 15.1 Å². The summed E-state index contributed by atoms with van der Waals surface area (Å²) in [6.45, 7) is 0. The second-order valence-electron chi connectivity index (χ2n) is 3.53. The Morgan fingerprint density at radius 2 is 2.62 bits per heavy atom. The molecule has 1 aromatic heterocycles. The summed E-state index contributed by atoms with van der Waals surface area (Å²) < 4.78 is 1.78. The van der Waals surface area contributed by atoms with E-state index in [1.165, 1.54) is 5.56 Å². The minimum Gasteiger partial charge on any atom is -0.353 e. The van der Waals surface area contributed by atoms with Crippen LogP contribution in [0.3, 0.4) is 0 Å². The Labute approximate surface area is 76.9 Å². The van der Waals surface area contributed by atoms with Crippen LogP contribution in [0.1, 0.15) is 18.4 Å². The number of carbonyl (C=O) groups excluding carboxylic acids is 1. The van der Waals surface area contributed by atoms with E-state index in [1.807, 2.05) is 19.4 Å². The average molecular weight is 179 g/mol. The van der Waals surface area contributed by atoms with Gasteiger partial charge in [0.15, 0.2) is 0 Å². The molecule has 70 valence electrons. The molecule has 0 unspecified atom stereocenters. The molecule has 1 saturated heterocycles. The summed E-state index contributed by atoms with van der Waals surface area (Å²) in [5.41, 5.74) is 1.19. The molecule has 0 aliphatic carbocycles. The third kappa shape index (κ3) is 1.88. The number of hydrogen-bond donors (Lipinski definition) is 1. The van der Waals surface area contributed by atoms with Gasteiger partial charge in [-0.3, -0.25) is 9.48 Å². The van der Waals surface area contributed by atoms with Gasteiger partial charge in [-0.15, -0.1) is 0 Å². The van der Waals surface area contributed by atoms with Crippen molar-refractivity contribution in [2.75, 3.05) is 0 Å². The van der Waals surface area contributed by atoms with Gasteiger partial charge in [0.05, 0.1) is 6.20 Å². The summed E-state index contributed by atoms with van der Waals surface area (Å²) in [6.07, 6.45) is 6.37. The molecule has 0 saturated carbocycles. The van der Waals surface area contributed by atoms with Crippen LogP contribution in [-0.4, -0.2) is 21.7 Å². The number of nitrogens with one attached hydrogen (secondary N) is 1. The van der Waals surface area contributed by atoms with Crippen molar-refractivity contribution < 1.29 is 4.79 Å². The van der Waals surface area contributed by atoms with Crippen molar-refractivity contribution in [3.8, 4) is 0 Å². The van der Waals surface area contributed by atoms with Crippen molar-refractivity contribution in [3.05, 3.63) is 18.0 Å². The van der Waals surface area contributed by atoms with Gasteiger partial charge >= 0.3 is 0 Å². The number of hydrogen-bond acceptors (Lipinski definition) is 2. The first-order valence-corrected chi connectivity index (χ1v) is 4.51. The fourth-order valence-corrected chi connectivity index (χ4v) is 1.69. The number of nitrogens with zero attached hydrogens (tertiary/aromatic N) is 2. The van der Waals surface area contributed by atoms with Crippen LogP contribution in [0.5, 0.6) is 0 Å². The van der Waals surface area contributed by atoms with Gasteiger partial charge in [-0.2, -0.15) is 5.10 Å². The van der Waals surface area contributed by atoms with Gasteiger partial charge in [-0.1, -0.05) is 0 Å². The lowest BCUT2D eigenvalue weighted by Gasteiger charge is -2.06. The van der Waals surface area contributed by atoms with E-state index in [0.717, 1.165) is 12.8 Å². The molecule has 1 amide bonds. The molecule has 0 aromatic carbocycles. The molecule has 1 fully saturated rings. The van der Waals surface area contributed by atoms with Crippen LogP contribution in [0.25, 0.3) is 0 Å². The van der Waals surface area contributed by atoms with E-state index in [4.69, 9.17) is 0 Å². The van der Waals surface area contributed by atoms with E-state index in [9.17, 15) is 4.79 Å². The van der Waals surface area contributed by atoms with E-state index in [2.05, 4.69) is 10.4 Å². The maximum atomic E-state index is 10.9. The van der Waals surface area contributed by atoms with Crippen molar-refractivity contribution in [2.24, 2.45) is 7.05 Å². The van der Waals surface area contributed by atoms with Crippen LogP contribution in [0.15, 0.2) is 12.4 Å². The molecule has 0 bridgehead atoms. The third-order valence-electron chi connectivity index (χ3n) is 2.33. The second-order valence-corrected chi connectivity index (χ2v) is 3.53. The maximum absolute atomic E-state index is 10.9. The van der Waals surface area contributed by atoms with Gasteiger partial charge < -0.3 is 5.32 Å². The Kier molecular flexibility index (Phi) is 2.04. The predicted octanol–water partition coefficient (Wildman–Crippen LogP) is 0.241. The number of aryl methyl sites for hydroxylation is 1. The van der Waals surface area contributed by atoms with Crippen LogP contribution in [-0.2, 0) is 18.3 Å². The standard InChI is InChI=1S/C9H13N3O/c1-12-6-7(5-10-12)4-8-2-3-9(13)11-8/h5-6,8H,2-4H2,1H3,(H,11,13)/t8-/m0/s1. The largest absolute Gasteiger partial charge is 0.353 e. The highest BCUT2D eigenvalue weighted by atomic mass is 16.1. The number of amides is 1. The van der Waals surface area contributed by atoms with Crippen LogP contribution >= 0.6 is 0 Å². The van der Waals surface area contributed by atoms with Crippen molar-refractivity contribution >= 4 is 5.91 Å². The minimum absolute atomic E-state index is 0.175. The van der Waals surface area contributed by atoms with Crippen molar-refractivity contribution in [2.45, 2.75) is 25.3 Å². The van der Waals surface area contributed by atoms with E-state index in [1.54, 1.807) is 4.68 Å². The van der Waals surface area contributed by atoms with Crippen LogP contribution in [0.2, 0.25) is 0 Å². The fourth-order valence-electron chi connectivity index (χ4n) is 1.69. The molecule has 13 heavy (non-hydrogen) atoms. The first kappa shape index (κ1) is 8.29. The number of rotatable bonds is 2. The fraction of sp³-hybridized carbons (Fsp3) is 0.556. The molecule has 2 rings (SSSR count). The smallest absolute Gasteiger partial charge is 0.220 e. The Morgan fingerprint density at radius 1 is 1.77 bits per heavy atom. The number of aromatic nitrogens is 2. The number of carbonyl (C=O) groups is 1. The molecule has 1 N–H and O–H groups in total. The molecule has 2 heterocycles. The normalized spacial score (nSPS) is 21.9. The van der Waals surface area contributed by atoms with Crippen LogP contribution < -0.4 is 5.32 Å². The van der Waals surface area contributed by atoms with E-state index < -0.39 is 0 Å². The molecular formula is C9H13N3O. The molecule has 4 heteroatoms. The lowest BCUT2D eigenvalue weighted by Crippen LogP contribution is -2.26. The minimum atomic E-state index is 0.175. The van der Waals surface area contributed by atoms with Gasteiger partial charge in [-0.05, 0) is 18.4 Å². The third-order valence-corrected chi connectivity index (χ3v) is 2.33. The monoisotopic (exact) mass is 179 g/mol. The molecule has 1 aliphatic rings. The lowest BCUT2D eigenvalue weighted by atomic mass is 10.1. The summed E-state index contributed by atoms with van der Waals surface area (Å²) in [5.74, 6) is 0.175. The molecular weight excluding hydrogens is 166 g/mol. The SMILES string of the molecule is Cn1cc(C[C@@H]2CCC(=O)N2)cn1.